The summed E-state index contributed by atoms with van der Waals surface area (Å²) < 4.78 is 16.2. The second-order valence-electron chi connectivity index (χ2n) is 4.86. The molecule has 0 aliphatic carbocycles. The van der Waals surface area contributed by atoms with E-state index in [9.17, 15) is 4.79 Å². The summed E-state index contributed by atoms with van der Waals surface area (Å²) in [4.78, 5) is 11.8. The predicted octanol–water partition coefficient (Wildman–Crippen LogP) is 2.36. The molecule has 2 rings (SSSR count). The number of rotatable bonds is 2. The minimum Gasteiger partial charge on any atom is -0.467 e. The highest BCUT2D eigenvalue weighted by molar-refractivity contribution is 5.76. The van der Waals surface area contributed by atoms with Crippen LogP contribution in [-0.4, -0.2) is 25.0 Å². The van der Waals surface area contributed by atoms with E-state index in [1.165, 1.54) is 7.11 Å². The van der Waals surface area contributed by atoms with E-state index in [2.05, 4.69) is 0 Å². The van der Waals surface area contributed by atoms with Gasteiger partial charge in [-0.25, -0.2) is 4.79 Å². The average molecular weight is 250 g/mol. The maximum atomic E-state index is 11.8. The molecule has 0 N–H and O–H groups in total. The Morgan fingerprint density at radius 3 is 2.56 bits per heavy atom. The van der Waals surface area contributed by atoms with Crippen molar-refractivity contribution in [2.75, 3.05) is 7.11 Å². The normalized spacial score (nSPS) is 26.0. The third kappa shape index (κ3) is 2.40. The number of hydrogen-bond donors (Lipinski definition) is 0. The van der Waals surface area contributed by atoms with Gasteiger partial charge in [0.25, 0.3) is 0 Å². The zero-order valence-electron chi connectivity index (χ0n) is 11.1. The quantitative estimate of drug-likeness (QED) is 0.756. The lowest BCUT2D eigenvalue weighted by Gasteiger charge is -2.18. The van der Waals surface area contributed by atoms with Crippen LogP contribution in [0.5, 0.6) is 0 Å². The number of carbonyl (C=O) groups is 1. The molecule has 1 saturated heterocycles. The molecule has 0 bridgehead atoms. The summed E-state index contributed by atoms with van der Waals surface area (Å²) in [7, 11) is 1.35. The van der Waals surface area contributed by atoms with Gasteiger partial charge in [-0.1, -0.05) is 24.3 Å². The fourth-order valence-corrected chi connectivity index (χ4v) is 2.18. The fraction of sp³-hybridized carbons (Fsp3) is 0.500. The number of carbonyl (C=O) groups excluding carboxylic acids is 1. The van der Waals surface area contributed by atoms with E-state index in [-0.39, 0.29) is 0 Å². The molecule has 1 aromatic rings. The molecule has 0 unspecified atom stereocenters. The van der Waals surface area contributed by atoms with Crippen LogP contribution in [0.1, 0.15) is 31.1 Å². The second kappa shape index (κ2) is 4.71. The summed E-state index contributed by atoms with van der Waals surface area (Å²) in [6.07, 6.45) is -1.14. The van der Waals surface area contributed by atoms with E-state index in [0.717, 1.165) is 11.1 Å². The number of methoxy groups -OCH3 is 1. The number of esters is 1. The number of hydrogen-bond acceptors (Lipinski definition) is 4. The third-order valence-electron chi connectivity index (χ3n) is 3.03. The molecule has 0 radical (unpaired) electrons. The summed E-state index contributed by atoms with van der Waals surface area (Å²) in [5.41, 5.74) is 2.02. The number of benzene rings is 1. The molecule has 0 amide bonds. The van der Waals surface area contributed by atoms with Crippen LogP contribution in [0.25, 0.3) is 0 Å². The molecule has 18 heavy (non-hydrogen) atoms. The van der Waals surface area contributed by atoms with E-state index in [0.29, 0.717) is 0 Å². The average Bonchev–Trinajstić information content (AvgIpc) is 2.65. The highest BCUT2D eigenvalue weighted by Gasteiger charge is 2.46. The van der Waals surface area contributed by atoms with Crippen LogP contribution in [0.15, 0.2) is 24.3 Å². The van der Waals surface area contributed by atoms with Gasteiger partial charge < -0.3 is 14.2 Å². The van der Waals surface area contributed by atoms with Gasteiger partial charge in [0, 0.05) is 0 Å². The van der Waals surface area contributed by atoms with Crippen LogP contribution >= 0.6 is 0 Å². The van der Waals surface area contributed by atoms with Crippen molar-refractivity contribution in [2.24, 2.45) is 0 Å². The Bertz CT molecular complexity index is 453. The first-order valence-electron chi connectivity index (χ1n) is 5.93. The Balaban J connectivity index is 2.35. The molecule has 1 aliphatic heterocycles. The maximum Gasteiger partial charge on any atom is 0.338 e. The summed E-state index contributed by atoms with van der Waals surface area (Å²) in [5, 5.41) is 0. The molecular formula is C14H18O4. The Morgan fingerprint density at radius 1 is 1.28 bits per heavy atom. The fourth-order valence-electron chi connectivity index (χ4n) is 2.18. The van der Waals surface area contributed by atoms with Gasteiger partial charge in [-0.15, -0.1) is 0 Å². The number of aryl methyl sites for hydroxylation is 1. The van der Waals surface area contributed by atoms with E-state index in [4.69, 9.17) is 14.2 Å². The Hall–Kier alpha value is -1.39. The van der Waals surface area contributed by atoms with Gasteiger partial charge in [0.1, 0.15) is 6.10 Å². The van der Waals surface area contributed by atoms with Crippen LogP contribution in [0.2, 0.25) is 0 Å². The lowest BCUT2D eigenvalue weighted by molar-refractivity contribution is -0.168. The largest absolute Gasteiger partial charge is 0.467 e. The molecule has 1 aliphatic rings. The maximum absolute atomic E-state index is 11.8. The predicted molar refractivity (Wildman–Crippen MR) is 66.0 cm³/mol. The first kappa shape index (κ1) is 13.1. The van der Waals surface area contributed by atoms with Crippen molar-refractivity contribution in [3.05, 3.63) is 35.4 Å². The van der Waals surface area contributed by atoms with Crippen molar-refractivity contribution in [2.45, 2.75) is 38.8 Å². The van der Waals surface area contributed by atoms with Gasteiger partial charge in [-0.2, -0.15) is 0 Å². The molecule has 1 fully saturated rings. The SMILES string of the molecule is COC(=O)[C@H]1OC(C)(C)O[C@H]1c1ccccc1C. The lowest BCUT2D eigenvalue weighted by atomic mass is 10.00. The first-order chi connectivity index (χ1) is 8.44. The smallest absolute Gasteiger partial charge is 0.338 e. The van der Waals surface area contributed by atoms with E-state index in [1.807, 2.05) is 31.2 Å². The topological polar surface area (TPSA) is 44.8 Å². The standard InChI is InChI=1S/C14H18O4/c1-9-7-5-6-8-10(9)11-12(13(15)16-4)18-14(2,3)17-11/h5-8,11-12H,1-4H3/t11-,12-/m0/s1. The van der Waals surface area contributed by atoms with E-state index in [1.54, 1.807) is 13.8 Å². The Labute approximate surface area is 107 Å². The van der Waals surface area contributed by atoms with Crippen LogP contribution in [0, 0.1) is 6.92 Å². The molecular weight excluding hydrogens is 232 g/mol. The number of ether oxygens (including phenoxy) is 3. The highest BCUT2D eigenvalue weighted by atomic mass is 16.8. The minimum absolute atomic E-state index is 0.408. The van der Waals surface area contributed by atoms with Crippen molar-refractivity contribution < 1.29 is 19.0 Å². The Morgan fingerprint density at radius 2 is 1.94 bits per heavy atom. The molecule has 0 aromatic heterocycles. The zero-order valence-corrected chi connectivity index (χ0v) is 11.1. The zero-order chi connectivity index (χ0) is 13.3. The van der Waals surface area contributed by atoms with Gasteiger partial charge in [0.15, 0.2) is 11.9 Å². The molecule has 1 heterocycles. The molecule has 0 saturated carbocycles. The molecule has 98 valence electrons. The molecule has 0 spiro atoms. The summed E-state index contributed by atoms with van der Waals surface area (Å²) in [5.74, 6) is -1.19. The van der Waals surface area contributed by atoms with Gasteiger partial charge in [-0.3, -0.25) is 0 Å². The van der Waals surface area contributed by atoms with Crippen molar-refractivity contribution in [1.82, 2.24) is 0 Å². The summed E-state index contributed by atoms with van der Waals surface area (Å²) in [6, 6.07) is 7.80. The van der Waals surface area contributed by atoms with Crippen LogP contribution in [-0.2, 0) is 19.0 Å². The van der Waals surface area contributed by atoms with Crippen molar-refractivity contribution in [1.29, 1.82) is 0 Å². The van der Waals surface area contributed by atoms with Crippen LogP contribution in [0.4, 0.5) is 0 Å². The second-order valence-corrected chi connectivity index (χ2v) is 4.86. The van der Waals surface area contributed by atoms with E-state index < -0.39 is 24.0 Å². The van der Waals surface area contributed by atoms with Crippen LogP contribution < -0.4 is 0 Å². The molecule has 1 aromatic carbocycles. The Kier molecular flexibility index (Phi) is 3.41. The summed E-state index contributed by atoms with van der Waals surface area (Å²) >= 11 is 0. The molecule has 2 atom stereocenters. The van der Waals surface area contributed by atoms with Gasteiger partial charge >= 0.3 is 5.97 Å². The third-order valence-corrected chi connectivity index (χ3v) is 3.03. The highest BCUT2D eigenvalue weighted by Crippen LogP contribution is 2.39. The lowest BCUT2D eigenvalue weighted by Crippen LogP contribution is -2.29. The van der Waals surface area contributed by atoms with Gasteiger partial charge in [0.2, 0.25) is 0 Å². The van der Waals surface area contributed by atoms with Crippen molar-refractivity contribution in [3.63, 3.8) is 0 Å². The van der Waals surface area contributed by atoms with Crippen LogP contribution in [0.3, 0.4) is 0 Å². The van der Waals surface area contributed by atoms with Crippen molar-refractivity contribution >= 4 is 5.97 Å². The monoisotopic (exact) mass is 250 g/mol. The molecule has 4 heteroatoms. The van der Waals surface area contributed by atoms with Gasteiger partial charge in [0.05, 0.1) is 7.11 Å². The minimum atomic E-state index is -0.786. The van der Waals surface area contributed by atoms with Crippen molar-refractivity contribution in [3.8, 4) is 0 Å². The first-order valence-corrected chi connectivity index (χ1v) is 5.93. The van der Waals surface area contributed by atoms with E-state index >= 15 is 0 Å². The summed E-state index contributed by atoms with van der Waals surface area (Å²) in [6.45, 7) is 5.57. The molecule has 4 nitrogen and oxygen atoms in total. The van der Waals surface area contributed by atoms with Gasteiger partial charge in [-0.05, 0) is 31.9 Å².